The molecule has 0 saturated heterocycles. The lowest BCUT2D eigenvalue weighted by atomic mass is 9.67. The van der Waals surface area contributed by atoms with Crippen LogP contribution in [0.3, 0.4) is 0 Å². The van der Waals surface area contributed by atoms with Crippen LogP contribution >= 0.6 is 0 Å². The van der Waals surface area contributed by atoms with Gasteiger partial charge in [-0.2, -0.15) is 5.11 Å². The van der Waals surface area contributed by atoms with Gasteiger partial charge in [0.05, 0.1) is 12.6 Å². The molecule has 0 aliphatic heterocycles. The van der Waals surface area contributed by atoms with Gasteiger partial charge in [0.15, 0.2) is 5.78 Å². The number of hydrogen-bond donors (Lipinski definition) is 3. The lowest BCUT2D eigenvalue weighted by Crippen LogP contribution is -2.50. The summed E-state index contributed by atoms with van der Waals surface area (Å²) in [5.74, 6) is -0.856. The largest absolute Gasteiger partial charge is 0.399 e. The van der Waals surface area contributed by atoms with E-state index >= 15 is 0 Å². The third-order valence-corrected chi connectivity index (χ3v) is 6.88. The summed E-state index contributed by atoms with van der Waals surface area (Å²) in [5, 5.41) is 29.7. The number of azo groups is 1. The van der Waals surface area contributed by atoms with Crippen molar-refractivity contribution in [3.05, 3.63) is 52.6 Å². The second-order valence-corrected chi connectivity index (χ2v) is 8.82. The first kappa shape index (κ1) is 19.7. The van der Waals surface area contributed by atoms with Crippen LogP contribution in [0.1, 0.15) is 44.0 Å². The number of aliphatic hydroxyl groups excluding tert-OH is 1. The van der Waals surface area contributed by atoms with Gasteiger partial charge in [0.2, 0.25) is 0 Å². The van der Waals surface area contributed by atoms with Crippen LogP contribution in [0.5, 0.6) is 0 Å². The van der Waals surface area contributed by atoms with Crippen LogP contribution in [-0.4, -0.2) is 40.2 Å². The van der Waals surface area contributed by atoms with Crippen LogP contribution in [-0.2, 0) is 4.79 Å². The van der Waals surface area contributed by atoms with Crippen LogP contribution < -0.4 is 5.73 Å². The van der Waals surface area contributed by atoms with Crippen molar-refractivity contribution in [3.8, 4) is 0 Å². The summed E-state index contributed by atoms with van der Waals surface area (Å²) in [6.07, 6.45) is 2.19. The minimum Gasteiger partial charge on any atom is -0.399 e. The zero-order valence-corrected chi connectivity index (χ0v) is 16.8. The quantitative estimate of drug-likeness (QED) is 0.536. The highest BCUT2D eigenvalue weighted by Crippen LogP contribution is 2.65. The molecule has 7 heteroatoms. The van der Waals surface area contributed by atoms with E-state index in [1.165, 1.54) is 0 Å². The number of Topliss-reactive ketones (excluding diaryl/α,β-unsaturated/α-hetero) is 1. The van der Waals surface area contributed by atoms with Crippen molar-refractivity contribution >= 4 is 17.4 Å². The summed E-state index contributed by atoms with van der Waals surface area (Å²) < 4.78 is 0. The molecule has 152 valence electrons. The van der Waals surface area contributed by atoms with Crippen molar-refractivity contribution in [1.82, 2.24) is 0 Å². The molecule has 0 heterocycles. The predicted molar refractivity (Wildman–Crippen MR) is 107 cm³/mol. The monoisotopic (exact) mass is 395 g/mol. The van der Waals surface area contributed by atoms with E-state index in [0.717, 1.165) is 18.4 Å². The van der Waals surface area contributed by atoms with Crippen molar-refractivity contribution in [3.63, 3.8) is 0 Å². The SMILES string of the molecule is CC1=C2C(=C[C@@](C)(CN=NC(=O)c3ccc(N)cc3)[C@@H]2O)C(=O)[C@](C)(O)C12CC2. The number of carbonyl (C=O) groups excluding carboxylic acids is 2. The van der Waals surface area contributed by atoms with E-state index in [9.17, 15) is 19.8 Å². The van der Waals surface area contributed by atoms with Gasteiger partial charge >= 0.3 is 0 Å². The molecule has 1 saturated carbocycles. The maximum Gasteiger partial charge on any atom is 0.295 e. The molecule has 1 aromatic carbocycles. The summed E-state index contributed by atoms with van der Waals surface area (Å²) in [5.41, 5.74) is 5.44. The minimum atomic E-state index is -1.47. The first-order chi connectivity index (χ1) is 13.5. The maximum absolute atomic E-state index is 13.0. The molecule has 3 aliphatic carbocycles. The topological polar surface area (TPSA) is 125 Å². The Labute approximate surface area is 169 Å². The molecule has 7 nitrogen and oxygen atoms in total. The van der Waals surface area contributed by atoms with Crippen molar-refractivity contribution < 1.29 is 19.8 Å². The number of amides is 1. The summed E-state index contributed by atoms with van der Waals surface area (Å²) in [6.45, 7) is 5.27. The number of nitrogens with zero attached hydrogens (tertiary/aromatic N) is 2. The maximum atomic E-state index is 13.0. The fraction of sp³-hybridized carbons (Fsp3) is 0.455. The number of nitrogens with two attached hydrogens (primary N) is 1. The molecule has 0 aromatic heterocycles. The Kier molecular flexibility index (Phi) is 4.19. The van der Waals surface area contributed by atoms with E-state index in [4.69, 9.17) is 5.73 Å². The Hall–Kier alpha value is -2.64. The predicted octanol–water partition coefficient (Wildman–Crippen LogP) is 2.60. The molecule has 0 unspecified atom stereocenters. The molecule has 3 atom stereocenters. The molecule has 29 heavy (non-hydrogen) atoms. The molecule has 1 amide bonds. The molecule has 4 N–H and O–H groups in total. The lowest BCUT2D eigenvalue weighted by molar-refractivity contribution is -0.138. The average molecular weight is 395 g/mol. The standard InChI is InChI=1S/C22H25N3O4/c1-12-16-15(17(26)21(3,29)22(12)8-9-22)10-20(2,18(16)27)11-24-25-19(28)13-4-6-14(23)7-5-13/h4-7,10,18,27,29H,8-9,11,23H2,1-3H3/t18-,20+,21+/m1/s1. The molecule has 1 spiro atoms. The number of carbonyl (C=O) groups is 2. The Bertz CT molecular complexity index is 999. The molecular formula is C22H25N3O4. The van der Waals surface area contributed by atoms with Crippen molar-refractivity contribution in [2.75, 3.05) is 12.3 Å². The summed E-state index contributed by atoms with van der Waals surface area (Å²) in [7, 11) is 0. The summed E-state index contributed by atoms with van der Waals surface area (Å²) in [4.78, 5) is 25.1. The fourth-order valence-corrected chi connectivity index (χ4v) is 4.72. The number of nitrogen functional groups attached to an aromatic ring is 1. The number of anilines is 1. The van der Waals surface area contributed by atoms with E-state index in [1.807, 2.05) is 6.92 Å². The Morgan fingerprint density at radius 1 is 1.24 bits per heavy atom. The third kappa shape index (κ3) is 2.72. The van der Waals surface area contributed by atoms with Gasteiger partial charge in [-0.15, -0.1) is 5.11 Å². The van der Waals surface area contributed by atoms with Crippen molar-refractivity contribution in [2.24, 2.45) is 21.1 Å². The van der Waals surface area contributed by atoms with E-state index in [0.29, 0.717) is 22.4 Å². The van der Waals surface area contributed by atoms with E-state index in [2.05, 4.69) is 10.2 Å². The van der Waals surface area contributed by atoms with Crippen LogP contribution in [0.2, 0.25) is 0 Å². The average Bonchev–Trinajstić information content (AvgIpc) is 3.44. The normalized spacial score (nSPS) is 32.7. The Morgan fingerprint density at radius 3 is 2.45 bits per heavy atom. The van der Waals surface area contributed by atoms with Gasteiger partial charge in [0.1, 0.15) is 5.60 Å². The molecule has 0 bridgehead atoms. The smallest absolute Gasteiger partial charge is 0.295 e. The number of benzene rings is 1. The number of rotatable bonds is 3. The highest BCUT2D eigenvalue weighted by molar-refractivity contribution is 6.09. The summed E-state index contributed by atoms with van der Waals surface area (Å²) >= 11 is 0. The second-order valence-electron chi connectivity index (χ2n) is 8.82. The summed E-state index contributed by atoms with van der Waals surface area (Å²) in [6, 6.07) is 6.37. The zero-order chi connectivity index (χ0) is 21.2. The molecule has 3 aliphatic rings. The van der Waals surface area contributed by atoms with Crippen molar-refractivity contribution in [2.45, 2.75) is 45.3 Å². The van der Waals surface area contributed by atoms with E-state index < -0.39 is 28.4 Å². The first-order valence-corrected chi connectivity index (χ1v) is 9.71. The fourth-order valence-electron chi connectivity index (χ4n) is 4.72. The van der Waals surface area contributed by atoms with E-state index in [1.54, 1.807) is 44.2 Å². The Balaban J connectivity index is 1.60. The zero-order valence-electron chi connectivity index (χ0n) is 16.8. The number of fused-ring (bicyclic) bond motifs is 1. The number of ketones is 1. The highest BCUT2D eigenvalue weighted by atomic mass is 16.3. The molecular weight excluding hydrogens is 370 g/mol. The van der Waals surface area contributed by atoms with Crippen LogP contribution in [0.25, 0.3) is 0 Å². The molecule has 1 fully saturated rings. The van der Waals surface area contributed by atoms with Crippen LogP contribution in [0, 0.1) is 10.8 Å². The second kappa shape index (κ2) is 6.18. The number of aliphatic hydroxyl groups is 2. The lowest BCUT2D eigenvalue weighted by Gasteiger charge is -2.39. The van der Waals surface area contributed by atoms with E-state index in [-0.39, 0.29) is 12.3 Å². The van der Waals surface area contributed by atoms with Gasteiger partial charge < -0.3 is 15.9 Å². The molecule has 1 aromatic rings. The van der Waals surface area contributed by atoms with Crippen LogP contribution in [0.15, 0.2) is 57.3 Å². The molecule has 0 radical (unpaired) electrons. The minimum absolute atomic E-state index is 0.0393. The third-order valence-electron chi connectivity index (χ3n) is 6.88. The van der Waals surface area contributed by atoms with Gasteiger partial charge in [-0.1, -0.05) is 18.6 Å². The first-order valence-electron chi connectivity index (χ1n) is 9.71. The highest BCUT2D eigenvalue weighted by Gasteiger charge is 2.66. The van der Waals surface area contributed by atoms with Crippen molar-refractivity contribution in [1.29, 1.82) is 0 Å². The van der Waals surface area contributed by atoms with Crippen LogP contribution in [0.4, 0.5) is 5.69 Å². The molecule has 4 rings (SSSR count). The van der Waals surface area contributed by atoms with Gasteiger partial charge in [0, 0.05) is 27.7 Å². The van der Waals surface area contributed by atoms with Gasteiger partial charge in [-0.05, 0) is 56.5 Å². The van der Waals surface area contributed by atoms with Gasteiger partial charge in [0.25, 0.3) is 5.91 Å². The number of hydrogen-bond acceptors (Lipinski definition) is 6. The van der Waals surface area contributed by atoms with Gasteiger partial charge in [-0.3, -0.25) is 9.59 Å². The van der Waals surface area contributed by atoms with Gasteiger partial charge in [-0.25, -0.2) is 0 Å². The Morgan fingerprint density at radius 2 is 1.86 bits per heavy atom.